The van der Waals surface area contributed by atoms with Crippen LogP contribution in [0.1, 0.15) is 23.3 Å². The summed E-state index contributed by atoms with van der Waals surface area (Å²) in [5, 5.41) is 10.4. The zero-order chi connectivity index (χ0) is 17.7. The van der Waals surface area contributed by atoms with E-state index in [1.165, 1.54) is 33.6 Å². The molecule has 1 N–H and O–H groups in total. The Kier molecular flexibility index (Phi) is 6.27. The Morgan fingerprint density at radius 1 is 1.50 bits per heavy atom. The van der Waals surface area contributed by atoms with Crippen molar-refractivity contribution in [1.82, 2.24) is 28.9 Å². The fraction of sp³-hybridized carbons (Fsp3) is 0.769. The smallest absolute Gasteiger partial charge is 0.281 e. The fourth-order valence-corrected chi connectivity index (χ4v) is 3.90. The number of amides is 1. The Labute approximate surface area is 141 Å². The van der Waals surface area contributed by atoms with E-state index in [1.54, 1.807) is 7.11 Å². The molecule has 0 aromatic carbocycles. The Hall–Kier alpha value is -1.56. The van der Waals surface area contributed by atoms with Gasteiger partial charge >= 0.3 is 0 Å². The van der Waals surface area contributed by atoms with Gasteiger partial charge in [0.1, 0.15) is 0 Å². The lowest BCUT2D eigenvalue weighted by Gasteiger charge is -2.26. The fourth-order valence-electron chi connectivity index (χ4n) is 2.57. The molecule has 10 nitrogen and oxygen atoms in total. The zero-order valence-corrected chi connectivity index (χ0v) is 15.0. The van der Waals surface area contributed by atoms with E-state index < -0.39 is 10.2 Å². The van der Waals surface area contributed by atoms with Crippen LogP contribution >= 0.6 is 0 Å². The quantitative estimate of drug-likeness (QED) is 0.591. The van der Waals surface area contributed by atoms with Gasteiger partial charge in [0.05, 0.1) is 19.3 Å². The van der Waals surface area contributed by atoms with Crippen molar-refractivity contribution >= 4 is 16.1 Å². The summed E-state index contributed by atoms with van der Waals surface area (Å²) in [6.45, 7) is 1.66. The lowest BCUT2D eigenvalue weighted by Crippen LogP contribution is -2.44. The number of nitrogens with zero attached hydrogens (tertiary/aromatic N) is 5. The highest BCUT2D eigenvalue weighted by Gasteiger charge is 2.35. The largest absolute Gasteiger partial charge is 0.383 e. The number of ether oxygens (including phenoxy) is 1. The summed E-state index contributed by atoms with van der Waals surface area (Å²) in [4.78, 5) is 11.9. The highest BCUT2D eigenvalue weighted by molar-refractivity contribution is 7.86. The second-order valence-electron chi connectivity index (χ2n) is 5.77. The molecule has 1 aliphatic rings. The first-order valence-electron chi connectivity index (χ1n) is 7.73. The number of carbonyl (C=O) groups is 1. The molecule has 1 amide bonds. The van der Waals surface area contributed by atoms with E-state index in [1.807, 2.05) is 0 Å². The Morgan fingerprint density at radius 2 is 2.25 bits per heavy atom. The molecule has 0 saturated carbocycles. The monoisotopic (exact) mass is 360 g/mol. The van der Waals surface area contributed by atoms with Gasteiger partial charge in [-0.3, -0.25) is 9.48 Å². The molecule has 1 fully saturated rings. The van der Waals surface area contributed by atoms with Crippen LogP contribution in [0.4, 0.5) is 0 Å². The summed E-state index contributed by atoms with van der Waals surface area (Å²) >= 11 is 0. The number of methoxy groups -OCH3 is 1. The second-order valence-corrected chi connectivity index (χ2v) is 7.87. The second kappa shape index (κ2) is 8.01. The van der Waals surface area contributed by atoms with Crippen molar-refractivity contribution in [2.24, 2.45) is 0 Å². The molecule has 2 heterocycles. The van der Waals surface area contributed by atoms with Crippen molar-refractivity contribution in [3.63, 3.8) is 0 Å². The van der Waals surface area contributed by atoms with Crippen LogP contribution < -0.4 is 5.32 Å². The van der Waals surface area contributed by atoms with Gasteiger partial charge in [-0.05, 0) is 12.8 Å². The number of hydrogen-bond donors (Lipinski definition) is 1. The molecule has 0 unspecified atom stereocenters. The minimum absolute atomic E-state index is 0.191. The van der Waals surface area contributed by atoms with Crippen LogP contribution in [0.3, 0.4) is 0 Å². The molecule has 0 aliphatic carbocycles. The van der Waals surface area contributed by atoms with Crippen molar-refractivity contribution in [3.8, 4) is 0 Å². The zero-order valence-electron chi connectivity index (χ0n) is 14.2. The average molecular weight is 360 g/mol. The first-order chi connectivity index (χ1) is 11.4. The number of hydrogen-bond acceptors (Lipinski definition) is 6. The van der Waals surface area contributed by atoms with Gasteiger partial charge in [0.2, 0.25) is 0 Å². The Morgan fingerprint density at radius 3 is 2.92 bits per heavy atom. The van der Waals surface area contributed by atoms with E-state index in [4.69, 9.17) is 4.74 Å². The molecule has 136 valence electrons. The third-order valence-electron chi connectivity index (χ3n) is 3.84. The van der Waals surface area contributed by atoms with Gasteiger partial charge in [-0.1, -0.05) is 5.21 Å². The molecular formula is C13H24N6O4S. The molecule has 1 aromatic rings. The molecule has 24 heavy (non-hydrogen) atoms. The van der Waals surface area contributed by atoms with Crippen LogP contribution in [0.25, 0.3) is 0 Å². The number of rotatable bonds is 8. The van der Waals surface area contributed by atoms with Gasteiger partial charge in [0.25, 0.3) is 16.1 Å². The highest BCUT2D eigenvalue weighted by atomic mass is 32.2. The standard InChI is InChI=1S/C13H24N6O4S/c1-17(2)24(21,22)19-7-4-5-11(19)9-18-10-12(15-16-18)13(20)14-6-8-23-3/h10-11H,4-9H2,1-3H3,(H,14,20)/t11-/m0/s1. The molecule has 1 aliphatic heterocycles. The lowest BCUT2D eigenvalue weighted by molar-refractivity contribution is 0.0932. The lowest BCUT2D eigenvalue weighted by atomic mass is 10.2. The summed E-state index contributed by atoms with van der Waals surface area (Å²) in [5.74, 6) is -0.331. The van der Waals surface area contributed by atoms with E-state index in [0.717, 1.165) is 12.8 Å². The SMILES string of the molecule is COCCNC(=O)c1cn(C[C@@H]2CCCN2S(=O)(=O)N(C)C)nn1. The maximum Gasteiger partial charge on any atom is 0.281 e. The van der Waals surface area contributed by atoms with Gasteiger partial charge in [-0.15, -0.1) is 5.10 Å². The van der Waals surface area contributed by atoms with Gasteiger partial charge in [0.15, 0.2) is 5.69 Å². The molecule has 2 rings (SSSR count). The minimum Gasteiger partial charge on any atom is -0.383 e. The van der Waals surface area contributed by atoms with E-state index >= 15 is 0 Å². The molecule has 1 atom stereocenters. The van der Waals surface area contributed by atoms with Gasteiger partial charge < -0.3 is 10.1 Å². The Balaban J connectivity index is 2.00. The van der Waals surface area contributed by atoms with Gasteiger partial charge in [-0.25, -0.2) is 0 Å². The number of nitrogens with one attached hydrogen (secondary N) is 1. The third kappa shape index (κ3) is 4.29. The van der Waals surface area contributed by atoms with Crippen molar-refractivity contribution < 1.29 is 17.9 Å². The first kappa shape index (κ1) is 18.8. The number of carbonyl (C=O) groups excluding carboxylic acids is 1. The van der Waals surface area contributed by atoms with Crippen LogP contribution in [0.2, 0.25) is 0 Å². The molecule has 0 spiro atoms. The minimum atomic E-state index is -3.46. The maximum atomic E-state index is 12.3. The topological polar surface area (TPSA) is 110 Å². The first-order valence-corrected chi connectivity index (χ1v) is 9.12. The van der Waals surface area contributed by atoms with Crippen molar-refractivity contribution in [2.75, 3.05) is 40.9 Å². The van der Waals surface area contributed by atoms with Crippen molar-refractivity contribution in [1.29, 1.82) is 0 Å². The molecule has 0 bridgehead atoms. The van der Waals surface area contributed by atoms with Gasteiger partial charge in [0, 0.05) is 40.3 Å². The molecule has 1 aromatic heterocycles. The predicted octanol–water partition coefficient (Wildman–Crippen LogP) is -1.07. The van der Waals surface area contributed by atoms with Gasteiger partial charge in [-0.2, -0.15) is 17.0 Å². The van der Waals surface area contributed by atoms with Crippen LogP contribution in [-0.2, 0) is 21.5 Å². The summed E-state index contributed by atoms with van der Waals surface area (Å²) in [6, 6.07) is -0.191. The average Bonchev–Trinajstić information content (AvgIpc) is 3.17. The van der Waals surface area contributed by atoms with E-state index in [9.17, 15) is 13.2 Å². The van der Waals surface area contributed by atoms with Crippen molar-refractivity contribution in [2.45, 2.75) is 25.4 Å². The third-order valence-corrected chi connectivity index (χ3v) is 5.84. The van der Waals surface area contributed by atoms with Crippen LogP contribution in [-0.4, -0.2) is 84.9 Å². The molecule has 11 heteroatoms. The summed E-state index contributed by atoms with van der Waals surface area (Å²) in [5.41, 5.74) is 0.200. The summed E-state index contributed by atoms with van der Waals surface area (Å²) < 4.78 is 33.7. The maximum absolute atomic E-state index is 12.3. The normalized spacial score (nSPS) is 19.1. The van der Waals surface area contributed by atoms with Crippen LogP contribution in [0, 0.1) is 0 Å². The molecular weight excluding hydrogens is 336 g/mol. The summed E-state index contributed by atoms with van der Waals surface area (Å²) in [7, 11) is 1.13. The van der Waals surface area contributed by atoms with Crippen molar-refractivity contribution in [3.05, 3.63) is 11.9 Å². The molecule has 0 radical (unpaired) electrons. The van der Waals surface area contributed by atoms with Crippen LogP contribution in [0.15, 0.2) is 6.20 Å². The predicted molar refractivity (Wildman–Crippen MR) is 86.6 cm³/mol. The number of aromatic nitrogens is 3. The summed E-state index contributed by atoms with van der Waals surface area (Å²) in [6.07, 6.45) is 3.08. The highest BCUT2D eigenvalue weighted by Crippen LogP contribution is 2.23. The van der Waals surface area contributed by atoms with Crippen LogP contribution in [0.5, 0.6) is 0 Å². The van der Waals surface area contributed by atoms with E-state index in [2.05, 4.69) is 15.6 Å². The van der Waals surface area contributed by atoms with E-state index in [-0.39, 0.29) is 17.6 Å². The molecule has 1 saturated heterocycles. The Bertz CT molecular complexity index is 659. The van der Waals surface area contributed by atoms with E-state index in [0.29, 0.717) is 26.2 Å².